The van der Waals surface area contributed by atoms with Gasteiger partial charge in [0.15, 0.2) is 0 Å². The molecule has 16 aromatic carbocycles. The third kappa shape index (κ3) is 9.41. The normalized spacial score (nSPS) is 11.5. The van der Waals surface area contributed by atoms with Crippen molar-refractivity contribution < 1.29 is 0 Å². The highest BCUT2D eigenvalue weighted by Gasteiger charge is 2.17. The molecule has 400 valence electrons. The summed E-state index contributed by atoms with van der Waals surface area (Å²) < 4.78 is 0. The van der Waals surface area contributed by atoms with Crippen LogP contribution in [0, 0.1) is 0 Å². The summed E-state index contributed by atoms with van der Waals surface area (Å²) in [6.07, 6.45) is 0. The van der Waals surface area contributed by atoms with Gasteiger partial charge in [-0.15, -0.1) is 0 Å². The van der Waals surface area contributed by atoms with Gasteiger partial charge in [-0.3, -0.25) is 0 Å². The molecular formula is C86H56. The molecule has 0 unspecified atom stereocenters. The van der Waals surface area contributed by atoms with Gasteiger partial charge in [0.25, 0.3) is 0 Å². The number of hydrogen-bond donors (Lipinski definition) is 0. The Morgan fingerprint density at radius 1 is 0.105 bits per heavy atom. The van der Waals surface area contributed by atoms with Gasteiger partial charge in [-0.2, -0.15) is 0 Å². The summed E-state index contributed by atoms with van der Waals surface area (Å²) in [5.74, 6) is 0. The lowest BCUT2D eigenvalue weighted by Crippen LogP contribution is -1.90. The van der Waals surface area contributed by atoms with Gasteiger partial charge >= 0.3 is 0 Å². The molecule has 0 radical (unpaired) electrons. The fraction of sp³-hybridized carbons (Fsp3) is 0. The molecule has 16 aromatic rings. The first-order valence-corrected chi connectivity index (χ1v) is 29.8. The average Bonchev–Trinajstić information content (AvgIpc) is 1.23. The molecule has 0 aliphatic carbocycles. The SMILES string of the molecule is c1ccc(-c2cc(-c3ccccc3)c3cc(-c4cc(-c5ccc(-c6cccc(-c7cccc(-c8ccc9c%10ccccc%10c%10ccccc%10c9c8)c7)c6)cc5)cc(-c5ccc6cc(-c7ccccc7)cc(-c7ccccc7)c6c5)c4)ccc3c2)cc1. The van der Waals surface area contributed by atoms with Crippen LogP contribution in [-0.2, 0) is 0 Å². The zero-order chi connectivity index (χ0) is 56.9. The number of benzene rings is 16. The number of rotatable bonds is 10. The van der Waals surface area contributed by atoms with Crippen molar-refractivity contribution in [1.82, 2.24) is 0 Å². The van der Waals surface area contributed by atoms with Crippen LogP contribution in [0.1, 0.15) is 0 Å². The maximum atomic E-state index is 2.41. The molecule has 0 bridgehead atoms. The van der Waals surface area contributed by atoms with E-state index in [1.165, 1.54) is 143 Å². The Bertz CT molecular complexity index is 5010. The van der Waals surface area contributed by atoms with Crippen LogP contribution in [0.2, 0.25) is 0 Å². The van der Waals surface area contributed by atoms with Crippen molar-refractivity contribution >= 4 is 53.9 Å². The Morgan fingerprint density at radius 3 is 0.779 bits per heavy atom. The van der Waals surface area contributed by atoms with Crippen molar-refractivity contribution in [1.29, 1.82) is 0 Å². The highest BCUT2D eigenvalue weighted by atomic mass is 14.2. The van der Waals surface area contributed by atoms with Crippen LogP contribution in [0.25, 0.3) is 165 Å². The molecule has 0 aliphatic rings. The van der Waals surface area contributed by atoms with Crippen LogP contribution >= 0.6 is 0 Å². The van der Waals surface area contributed by atoms with Crippen LogP contribution in [0.5, 0.6) is 0 Å². The summed E-state index contributed by atoms with van der Waals surface area (Å²) in [6.45, 7) is 0. The molecule has 0 aromatic heterocycles. The standard InChI is InChI=1S/C86H56/c1-5-19-57(20-6-1)75-47-70-41-39-68(52-84(70)82(55-75)61-23-9-3-10-24-61)73-49-72(50-74(51-73)69-40-42-71-48-76(58-21-7-2-8-22-58)56-83(85(71)53-69)62-25-11-4-12-26-62)60-37-35-59(36-38-60)63-27-17-28-64(45-63)65-29-18-30-66(46-65)67-43-44-81-79-33-14-13-31-77(79)78-32-15-16-34-80(78)86(81)54-67/h1-56H. The molecule has 0 saturated carbocycles. The van der Waals surface area contributed by atoms with Crippen molar-refractivity contribution in [2.75, 3.05) is 0 Å². The zero-order valence-electron chi connectivity index (χ0n) is 47.3. The number of hydrogen-bond acceptors (Lipinski definition) is 0. The fourth-order valence-corrected chi connectivity index (χ4v) is 13.2. The van der Waals surface area contributed by atoms with Crippen LogP contribution in [0.4, 0.5) is 0 Å². The molecule has 0 nitrogen and oxygen atoms in total. The van der Waals surface area contributed by atoms with Gasteiger partial charge in [-0.1, -0.05) is 267 Å². The Hall–Kier alpha value is -11.2. The van der Waals surface area contributed by atoms with Gasteiger partial charge in [0.1, 0.15) is 0 Å². The third-order valence-electron chi connectivity index (χ3n) is 17.6. The Morgan fingerprint density at radius 2 is 0.349 bits per heavy atom. The van der Waals surface area contributed by atoms with Gasteiger partial charge in [0, 0.05) is 0 Å². The summed E-state index contributed by atoms with van der Waals surface area (Å²) in [5, 5.41) is 12.6. The molecule has 0 heterocycles. The van der Waals surface area contributed by atoms with Crippen molar-refractivity contribution in [3.8, 4) is 111 Å². The van der Waals surface area contributed by atoms with Gasteiger partial charge in [-0.25, -0.2) is 0 Å². The molecule has 0 amide bonds. The van der Waals surface area contributed by atoms with E-state index >= 15 is 0 Å². The van der Waals surface area contributed by atoms with Crippen molar-refractivity contribution in [2.45, 2.75) is 0 Å². The topological polar surface area (TPSA) is 0 Å². The van der Waals surface area contributed by atoms with Crippen molar-refractivity contribution in [2.24, 2.45) is 0 Å². The quantitative estimate of drug-likeness (QED) is 0.120. The van der Waals surface area contributed by atoms with E-state index in [0.717, 1.165) is 22.3 Å². The van der Waals surface area contributed by atoms with E-state index in [1.54, 1.807) is 0 Å². The van der Waals surface area contributed by atoms with Gasteiger partial charge in [0.05, 0.1) is 0 Å². The maximum absolute atomic E-state index is 2.41. The summed E-state index contributed by atoms with van der Waals surface area (Å²) in [7, 11) is 0. The molecule has 0 saturated heterocycles. The molecule has 0 atom stereocenters. The maximum Gasteiger partial charge on any atom is -0.00928 e. The minimum Gasteiger partial charge on any atom is -0.0622 e. The summed E-state index contributed by atoms with van der Waals surface area (Å²) >= 11 is 0. The first-order chi connectivity index (χ1) is 42.6. The summed E-state index contributed by atoms with van der Waals surface area (Å²) in [6, 6.07) is 126. The van der Waals surface area contributed by atoms with E-state index in [4.69, 9.17) is 0 Å². The largest absolute Gasteiger partial charge is 0.0622 e. The Balaban J connectivity index is 0.791. The second-order valence-electron chi connectivity index (χ2n) is 22.8. The van der Waals surface area contributed by atoms with E-state index in [0.29, 0.717) is 0 Å². The predicted octanol–water partition coefficient (Wildman–Crippen LogP) is 24.1. The lowest BCUT2D eigenvalue weighted by atomic mass is 9.88. The molecule has 0 aliphatic heterocycles. The van der Waals surface area contributed by atoms with Crippen LogP contribution in [-0.4, -0.2) is 0 Å². The highest BCUT2D eigenvalue weighted by Crippen LogP contribution is 2.43. The third-order valence-corrected chi connectivity index (χ3v) is 17.6. The van der Waals surface area contributed by atoms with Crippen molar-refractivity contribution in [3.63, 3.8) is 0 Å². The zero-order valence-corrected chi connectivity index (χ0v) is 47.3. The number of fused-ring (bicyclic) bond motifs is 8. The lowest BCUT2D eigenvalue weighted by molar-refractivity contribution is 1.56. The van der Waals surface area contributed by atoms with E-state index < -0.39 is 0 Å². The molecular weight excluding hydrogens is 1030 g/mol. The molecule has 86 heavy (non-hydrogen) atoms. The van der Waals surface area contributed by atoms with E-state index in [-0.39, 0.29) is 0 Å². The van der Waals surface area contributed by atoms with E-state index in [9.17, 15) is 0 Å². The Labute approximate surface area is 501 Å². The minimum absolute atomic E-state index is 1.16. The van der Waals surface area contributed by atoms with Crippen LogP contribution in [0.3, 0.4) is 0 Å². The average molecular weight is 1090 g/mol. The fourth-order valence-electron chi connectivity index (χ4n) is 13.2. The molecule has 0 spiro atoms. The van der Waals surface area contributed by atoms with Crippen LogP contribution < -0.4 is 0 Å². The highest BCUT2D eigenvalue weighted by molar-refractivity contribution is 6.25. The smallest absolute Gasteiger partial charge is 0.00928 e. The van der Waals surface area contributed by atoms with E-state index in [1.807, 2.05) is 0 Å². The predicted molar refractivity (Wildman–Crippen MR) is 368 cm³/mol. The monoisotopic (exact) mass is 1090 g/mol. The van der Waals surface area contributed by atoms with Gasteiger partial charge < -0.3 is 0 Å². The van der Waals surface area contributed by atoms with Gasteiger partial charge in [0.2, 0.25) is 0 Å². The van der Waals surface area contributed by atoms with Crippen molar-refractivity contribution in [3.05, 3.63) is 340 Å². The van der Waals surface area contributed by atoms with Crippen LogP contribution in [0.15, 0.2) is 340 Å². The summed E-state index contributed by atoms with van der Waals surface area (Å²) in [5.41, 5.74) is 23.8. The van der Waals surface area contributed by atoms with Gasteiger partial charge in [-0.05, 0) is 238 Å². The molecule has 0 heteroatoms. The second kappa shape index (κ2) is 21.5. The first kappa shape index (κ1) is 50.5. The molecule has 16 rings (SSSR count). The summed E-state index contributed by atoms with van der Waals surface area (Å²) in [4.78, 5) is 0. The minimum atomic E-state index is 1.16. The Kier molecular flexibility index (Phi) is 12.7. The molecule has 0 N–H and O–H groups in total. The van der Waals surface area contributed by atoms with E-state index in [2.05, 4.69) is 340 Å². The first-order valence-electron chi connectivity index (χ1n) is 29.8. The molecule has 0 fully saturated rings. The lowest BCUT2D eigenvalue weighted by Gasteiger charge is -2.16. The second-order valence-corrected chi connectivity index (χ2v) is 22.8.